The van der Waals surface area contributed by atoms with E-state index in [4.69, 9.17) is 4.42 Å². The molecule has 4 rings (SSSR count). The highest BCUT2D eigenvalue weighted by Crippen LogP contribution is 2.27. The molecule has 3 heterocycles. The van der Waals surface area contributed by atoms with Gasteiger partial charge in [-0.05, 0) is 43.7 Å². The standard InChI is InChI=1S/C22H26N4O2S/c1-16-19(10-13-28-16)21-23-24-22(25(21)2)29-15-20(27)26-11-8-18(9-12-26)14-17-6-4-3-5-7-17/h3-7,10,13,18H,8-9,11-12,14-15H2,1-2H3. The molecule has 29 heavy (non-hydrogen) atoms. The number of aromatic nitrogens is 3. The third-order valence-corrected chi connectivity index (χ3v) is 6.60. The number of thioether (sulfide) groups is 1. The molecule has 1 aliphatic heterocycles. The van der Waals surface area contributed by atoms with Gasteiger partial charge in [-0.2, -0.15) is 0 Å². The lowest BCUT2D eigenvalue weighted by molar-refractivity contribution is -0.129. The second-order valence-corrected chi connectivity index (χ2v) is 8.50. The highest BCUT2D eigenvalue weighted by atomic mass is 32.2. The van der Waals surface area contributed by atoms with Gasteiger partial charge in [-0.3, -0.25) is 4.79 Å². The Bertz CT molecular complexity index is 958. The predicted octanol–water partition coefficient (Wildman–Crippen LogP) is 3.96. The molecule has 0 radical (unpaired) electrons. The third kappa shape index (κ3) is 4.56. The topological polar surface area (TPSA) is 64.2 Å². The summed E-state index contributed by atoms with van der Waals surface area (Å²) in [6.45, 7) is 3.59. The van der Waals surface area contributed by atoms with E-state index in [1.54, 1.807) is 6.26 Å². The normalized spacial score (nSPS) is 15.0. The van der Waals surface area contributed by atoms with Crippen LogP contribution in [0.4, 0.5) is 0 Å². The first-order valence-electron chi connectivity index (χ1n) is 10.00. The van der Waals surface area contributed by atoms with Crippen LogP contribution < -0.4 is 0 Å². The van der Waals surface area contributed by atoms with Gasteiger partial charge in [0.1, 0.15) is 5.76 Å². The molecule has 1 fully saturated rings. The van der Waals surface area contributed by atoms with Gasteiger partial charge in [0.25, 0.3) is 0 Å². The van der Waals surface area contributed by atoms with Crippen LogP contribution in [-0.4, -0.2) is 44.4 Å². The van der Waals surface area contributed by atoms with E-state index in [1.807, 2.05) is 29.5 Å². The van der Waals surface area contributed by atoms with E-state index in [1.165, 1.54) is 17.3 Å². The molecule has 1 saturated heterocycles. The summed E-state index contributed by atoms with van der Waals surface area (Å²) in [4.78, 5) is 14.7. The van der Waals surface area contributed by atoms with Gasteiger partial charge in [-0.1, -0.05) is 42.1 Å². The molecule has 152 valence electrons. The average Bonchev–Trinajstić information content (AvgIpc) is 3.32. The molecule has 1 amide bonds. The maximum absolute atomic E-state index is 12.7. The van der Waals surface area contributed by atoms with Crippen molar-refractivity contribution in [2.75, 3.05) is 18.8 Å². The fourth-order valence-corrected chi connectivity index (χ4v) is 4.66. The number of furan rings is 1. The molecule has 0 aliphatic carbocycles. The number of amides is 1. The van der Waals surface area contributed by atoms with E-state index in [2.05, 4.69) is 40.5 Å². The zero-order valence-electron chi connectivity index (χ0n) is 16.9. The molecule has 6 nitrogen and oxygen atoms in total. The molecule has 0 N–H and O–H groups in total. The lowest BCUT2D eigenvalue weighted by Crippen LogP contribution is -2.39. The predicted molar refractivity (Wildman–Crippen MR) is 114 cm³/mol. The number of aryl methyl sites for hydroxylation is 1. The quantitative estimate of drug-likeness (QED) is 0.576. The molecule has 0 bridgehead atoms. The van der Waals surface area contributed by atoms with Crippen molar-refractivity contribution in [2.24, 2.45) is 13.0 Å². The second-order valence-electron chi connectivity index (χ2n) is 7.56. The summed E-state index contributed by atoms with van der Waals surface area (Å²) in [7, 11) is 1.92. The van der Waals surface area contributed by atoms with Crippen LogP contribution in [0.15, 0.2) is 52.2 Å². The summed E-state index contributed by atoms with van der Waals surface area (Å²) >= 11 is 1.44. The number of hydrogen-bond donors (Lipinski definition) is 0. The number of piperidine rings is 1. The van der Waals surface area contributed by atoms with Crippen molar-refractivity contribution in [3.63, 3.8) is 0 Å². The van der Waals surface area contributed by atoms with Crippen LogP contribution in [0.25, 0.3) is 11.4 Å². The van der Waals surface area contributed by atoms with Gasteiger partial charge in [0.2, 0.25) is 5.91 Å². The number of carbonyl (C=O) groups excluding carboxylic acids is 1. The van der Waals surface area contributed by atoms with Gasteiger partial charge >= 0.3 is 0 Å². The number of hydrogen-bond acceptors (Lipinski definition) is 5. The van der Waals surface area contributed by atoms with Crippen LogP contribution in [0.3, 0.4) is 0 Å². The smallest absolute Gasteiger partial charge is 0.233 e. The van der Waals surface area contributed by atoms with E-state index in [0.29, 0.717) is 11.7 Å². The van der Waals surface area contributed by atoms with Crippen LogP contribution in [0.2, 0.25) is 0 Å². The van der Waals surface area contributed by atoms with Crippen LogP contribution in [0, 0.1) is 12.8 Å². The lowest BCUT2D eigenvalue weighted by Gasteiger charge is -2.32. The maximum Gasteiger partial charge on any atom is 0.233 e. The van der Waals surface area contributed by atoms with Gasteiger partial charge in [-0.25, -0.2) is 0 Å². The van der Waals surface area contributed by atoms with Gasteiger partial charge in [0.15, 0.2) is 11.0 Å². The van der Waals surface area contributed by atoms with Crippen molar-refractivity contribution < 1.29 is 9.21 Å². The van der Waals surface area contributed by atoms with Gasteiger partial charge in [0.05, 0.1) is 17.6 Å². The Kier molecular flexibility index (Phi) is 6.04. The second kappa shape index (κ2) is 8.86. The molecular weight excluding hydrogens is 384 g/mol. The molecule has 1 aromatic carbocycles. The first-order valence-corrected chi connectivity index (χ1v) is 11.0. The fourth-order valence-electron chi connectivity index (χ4n) is 3.84. The highest BCUT2D eigenvalue weighted by molar-refractivity contribution is 7.99. The largest absolute Gasteiger partial charge is 0.469 e. The zero-order chi connectivity index (χ0) is 20.2. The van der Waals surface area contributed by atoms with E-state index in [0.717, 1.165) is 54.7 Å². The summed E-state index contributed by atoms with van der Waals surface area (Å²) in [5.74, 6) is 2.80. The van der Waals surface area contributed by atoms with E-state index < -0.39 is 0 Å². The van der Waals surface area contributed by atoms with Crippen LogP contribution >= 0.6 is 11.8 Å². The molecule has 0 atom stereocenters. The Morgan fingerprint density at radius 1 is 1.17 bits per heavy atom. The molecule has 0 unspecified atom stereocenters. The summed E-state index contributed by atoms with van der Waals surface area (Å²) < 4.78 is 7.28. The number of nitrogens with zero attached hydrogens (tertiary/aromatic N) is 4. The number of benzene rings is 1. The minimum absolute atomic E-state index is 0.178. The van der Waals surface area contributed by atoms with Gasteiger partial charge < -0.3 is 13.9 Å². The summed E-state index contributed by atoms with van der Waals surface area (Å²) in [6.07, 6.45) is 4.89. The first-order chi connectivity index (χ1) is 14.1. The van der Waals surface area contributed by atoms with Crippen molar-refractivity contribution in [1.29, 1.82) is 0 Å². The highest BCUT2D eigenvalue weighted by Gasteiger charge is 2.24. The Labute approximate surface area is 175 Å². The number of rotatable bonds is 6. The van der Waals surface area contributed by atoms with Gasteiger partial charge in [-0.15, -0.1) is 10.2 Å². The van der Waals surface area contributed by atoms with E-state index >= 15 is 0 Å². The van der Waals surface area contributed by atoms with Crippen LogP contribution in [-0.2, 0) is 18.3 Å². The molecular formula is C22H26N4O2S. The Balaban J connectivity index is 1.28. The lowest BCUT2D eigenvalue weighted by atomic mass is 9.90. The van der Waals surface area contributed by atoms with Crippen molar-refractivity contribution >= 4 is 17.7 Å². The van der Waals surface area contributed by atoms with E-state index in [-0.39, 0.29) is 5.91 Å². The van der Waals surface area contributed by atoms with Crippen LogP contribution in [0.5, 0.6) is 0 Å². The van der Waals surface area contributed by atoms with Crippen molar-refractivity contribution in [2.45, 2.75) is 31.3 Å². The number of likely N-dealkylation sites (tertiary alicyclic amines) is 1. The minimum atomic E-state index is 0.178. The molecule has 2 aromatic heterocycles. The van der Waals surface area contributed by atoms with Crippen molar-refractivity contribution in [1.82, 2.24) is 19.7 Å². The van der Waals surface area contributed by atoms with Crippen molar-refractivity contribution in [3.05, 3.63) is 54.0 Å². The average molecular weight is 411 g/mol. The Hall–Kier alpha value is -2.54. The summed E-state index contributed by atoms with van der Waals surface area (Å²) in [5, 5.41) is 9.26. The third-order valence-electron chi connectivity index (χ3n) is 5.59. The van der Waals surface area contributed by atoms with Crippen molar-refractivity contribution in [3.8, 4) is 11.4 Å². The minimum Gasteiger partial charge on any atom is -0.469 e. The summed E-state index contributed by atoms with van der Waals surface area (Å²) in [6, 6.07) is 12.5. The Morgan fingerprint density at radius 2 is 1.93 bits per heavy atom. The molecule has 0 saturated carbocycles. The monoisotopic (exact) mass is 410 g/mol. The SMILES string of the molecule is Cc1occc1-c1nnc(SCC(=O)N2CCC(Cc3ccccc3)CC2)n1C. The molecule has 3 aromatic rings. The number of carbonyl (C=O) groups is 1. The zero-order valence-corrected chi connectivity index (χ0v) is 17.7. The molecule has 1 aliphatic rings. The van der Waals surface area contributed by atoms with Gasteiger partial charge in [0, 0.05) is 20.1 Å². The summed E-state index contributed by atoms with van der Waals surface area (Å²) in [5.41, 5.74) is 2.32. The maximum atomic E-state index is 12.7. The molecule has 7 heteroatoms. The Morgan fingerprint density at radius 3 is 2.62 bits per heavy atom. The first kappa shape index (κ1) is 19.8. The fraction of sp³-hybridized carbons (Fsp3) is 0.409. The molecule has 0 spiro atoms. The van der Waals surface area contributed by atoms with Crippen LogP contribution in [0.1, 0.15) is 24.2 Å². The van der Waals surface area contributed by atoms with E-state index in [9.17, 15) is 4.79 Å².